The van der Waals surface area contributed by atoms with Gasteiger partial charge in [-0.05, 0) is 0 Å². The molecule has 6 nitrogen and oxygen atoms in total. The van der Waals surface area contributed by atoms with Gasteiger partial charge < -0.3 is 4.84 Å². The van der Waals surface area contributed by atoms with Gasteiger partial charge >= 0.3 is 0 Å². The number of rotatable bonds is 6. The molecule has 0 bridgehead atoms. The Hall–Kier alpha value is -1.49. The largest absolute Gasteiger partial charge is 0.323 e. The number of hydrogen-bond donors (Lipinski definition) is 1. The van der Waals surface area contributed by atoms with Crippen LogP contribution in [-0.4, -0.2) is 32.6 Å². The summed E-state index contributed by atoms with van der Waals surface area (Å²) in [6, 6.07) is 0. The van der Waals surface area contributed by atoms with Gasteiger partial charge in [0.15, 0.2) is 22.9 Å². The lowest BCUT2D eigenvalue weighted by molar-refractivity contribution is -0.698. The monoisotopic (exact) mass is 245 g/mol. The van der Waals surface area contributed by atoms with E-state index in [0.29, 0.717) is 6.54 Å². The Morgan fingerprint density at radius 1 is 1.69 bits per heavy atom. The van der Waals surface area contributed by atoms with Crippen LogP contribution >= 0.6 is 0 Å². The molecule has 16 heavy (non-hydrogen) atoms. The summed E-state index contributed by atoms with van der Waals surface area (Å²) in [7, 11) is -3.38. The molecule has 1 N–H and O–H groups in total. The van der Waals surface area contributed by atoms with Gasteiger partial charge in [0.25, 0.3) is 6.33 Å². The highest BCUT2D eigenvalue weighted by molar-refractivity contribution is 7.90. The predicted molar refractivity (Wildman–Crippen MR) is 58.8 cm³/mol. The SMILES string of the molecule is C#CCOn1cc[n+](CCOS(=C)(=O)O)c1. The predicted octanol–water partition coefficient (Wildman–Crippen LogP) is -1.04. The fourth-order valence-corrected chi connectivity index (χ4v) is 1.30. The molecule has 1 aromatic rings. The standard InChI is InChI=1S/C9H12N2O4S/c1-3-7-14-11-5-4-10(9-11)6-8-15-16(2,12)13/h1,4-5,9H,2,6-8H2/p+1. The first kappa shape index (κ1) is 12.6. The molecule has 0 amide bonds. The molecule has 7 heteroatoms. The molecule has 0 aliphatic carbocycles. The van der Waals surface area contributed by atoms with Crippen LogP contribution in [0, 0.1) is 12.3 Å². The van der Waals surface area contributed by atoms with Crippen LogP contribution < -0.4 is 9.40 Å². The molecule has 1 atom stereocenters. The first-order chi connectivity index (χ1) is 7.51. The van der Waals surface area contributed by atoms with E-state index in [2.05, 4.69) is 16.0 Å². The minimum absolute atomic E-state index is 0.0860. The summed E-state index contributed by atoms with van der Waals surface area (Å²) in [4.78, 5) is 5.08. The van der Waals surface area contributed by atoms with Gasteiger partial charge in [-0.3, -0.25) is 8.74 Å². The molecule has 1 rings (SSSR count). The van der Waals surface area contributed by atoms with Gasteiger partial charge in [-0.1, -0.05) is 10.7 Å². The van der Waals surface area contributed by atoms with Crippen molar-refractivity contribution in [2.75, 3.05) is 13.2 Å². The Labute approximate surface area is 94.4 Å². The van der Waals surface area contributed by atoms with E-state index in [-0.39, 0.29) is 13.2 Å². The smallest absolute Gasteiger partial charge is 0.284 e. The third kappa shape index (κ3) is 4.84. The van der Waals surface area contributed by atoms with Crippen LogP contribution in [0.3, 0.4) is 0 Å². The third-order valence-corrected chi connectivity index (χ3v) is 2.12. The normalized spacial score (nSPS) is 14.0. The van der Waals surface area contributed by atoms with Crippen LogP contribution in [0.2, 0.25) is 0 Å². The molecule has 0 aliphatic rings. The molecule has 1 heterocycles. The second-order valence-corrected chi connectivity index (χ2v) is 4.29. The van der Waals surface area contributed by atoms with Crippen molar-refractivity contribution in [3.8, 4) is 12.3 Å². The molecule has 0 radical (unpaired) electrons. The molecule has 0 saturated carbocycles. The van der Waals surface area contributed by atoms with Crippen LogP contribution in [0.1, 0.15) is 0 Å². The van der Waals surface area contributed by atoms with E-state index in [0.717, 1.165) is 0 Å². The first-order valence-corrected chi connectivity index (χ1v) is 6.00. The lowest BCUT2D eigenvalue weighted by Gasteiger charge is -2.00. The van der Waals surface area contributed by atoms with Gasteiger partial charge in [0.2, 0.25) is 0 Å². The van der Waals surface area contributed by atoms with Crippen LogP contribution in [0.15, 0.2) is 18.7 Å². The molecule has 0 saturated heterocycles. The molecular formula is C9H13N2O4S+. The quantitative estimate of drug-likeness (QED) is 0.395. The fraction of sp³-hybridized carbons (Fsp3) is 0.333. The number of aromatic nitrogens is 2. The van der Waals surface area contributed by atoms with Crippen molar-refractivity contribution in [2.24, 2.45) is 0 Å². The Morgan fingerprint density at radius 3 is 3.06 bits per heavy atom. The maximum absolute atomic E-state index is 10.7. The summed E-state index contributed by atoms with van der Waals surface area (Å²) < 4.78 is 27.2. The second kappa shape index (κ2) is 5.55. The summed E-state index contributed by atoms with van der Waals surface area (Å²) in [5, 5.41) is 0. The zero-order valence-electron chi connectivity index (χ0n) is 8.61. The summed E-state index contributed by atoms with van der Waals surface area (Å²) in [6.45, 7) is 0.677. The molecule has 88 valence electrons. The molecule has 0 aliphatic heterocycles. The number of hydrogen-bond acceptors (Lipinski definition) is 3. The summed E-state index contributed by atoms with van der Waals surface area (Å²) in [5.41, 5.74) is 0. The van der Waals surface area contributed by atoms with Crippen LogP contribution in [-0.2, 0) is 20.8 Å². The molecule has 0 aromatic carbocycles. The van der Waals surface area contributed by atoms with E-state index in [1.165, 1.54) is 4.73 Å². The van der Waals surface area contributed by atoms with E-state index in [1.54, 1.807) is 23.3 Å². The van der Waals surface area contributed by atoms with E-state index in [4.69, 9.17) is 15.8 Å². The fourth-order valence-electron chi connectivity index (χ4n) is 0.968. The minimum Gasteiger partial charge on any atom is -0.323 e. The second-order valence-electron chi connectivity index (χ2n) is 2.89. The summed E-state index contributed by atoms with van der Waals surface area (Å²) in [6.07, 6.45) is 10.1. The minimum atomic E-state index is -3.38. The lowest BCUT2D eigenvalue weighted by Crippen LogP contribution is -2.34. The number of nitrogens with zero attached hydrogens (tertiary/aromatic N) is 2. The maximum Gasteiger partial charge on any atom is 0.284 e. The molecule has 0 fully saturated rings. The third-order valence-electron chi connectivity index (χ3n) is 1.58. The van der Waals surface area contributed by atoms with Crippen molar-refractivity contribution < 1.29 is 22.3 Å². The zero-order valence-corrected chi connectivity index (χ0v) is 9.43. The lowest BCUT2D eigenvalue weighted by atomic mass is 10.7. The maximum atomic E-state index is 10.7. The Kier molecular flexibility index (Phi) is 4.37. The Morgan fingerprint density at radius 2 is 2.44 bits per heavy atom. The number of terminal acetylenes is 1. The van der Waals surface area contributed by atoms with E-state index < -0.39 is 10.1 Å². The summed E-state index contributed by atoms with van der Waals surface area (Å²) >= 11 is 0. The summed E-state index contributed by atoms with van der Waals surface area (Å²) in [5.74, 6) is 5.28. The highest BCUT2D eigenvalue weighted by atomic mass is 32.2. The van der Waals surface area contributed by atoms with Crippen LogP contribution in [0.25, 0.3) is 0 Å². The average molecular weight is 245 g/mol. The molecule has 0 spiro atoms. The molecule has 1 aromatic heterocycles. The van der Waals surface area contributed by atoms with Crippen molar-refractivity contribution in [3.63, 3.8) is 0 Å². The van der Waals surface area contributed by atoms with Crippen molar-refractivity contribution in [1.82, 2.24) is 4.73 Å². The van der Waals surface area contributed by atoms with Gasteiger partial charge in [-0.2, -0.15) is 0 Å². The highest BCUT2D eigenvalue weighted by Crippen LogP contribution is 1.86. The Balaban J connectivity index is 2.38. The van der Waals surface area contributed by atoms with E-state index in [1.807, 2.05) is 0 Å². The van der Waals surface area contributed by atoms with Crippen molar-refractivity contribution in [3.05, 3.63) is 18.7 Å². The van der Waals surface area contributed by atoms with Gasteiger partial charge in [-0.25, -0.2) is 8.78 Å². The van der Waals surface area contributed by atoms with E-state index in [9.17, 15) is 4.21 Å². The van der Waals surface area contributed by atoms with Gasteiger partial charge in [0, 0.05) is 5.87 Å². The van der Waals surface area contributed by atoms with Crippen molar-refractivity contribution in [2.45, 2.75) is 6.54 Å². The van der Waals surface area contributed by atoms with Crippen molar-refractivity contribution >= 4 is 16.0 Å². The average Bonchev–Trinajstić information content (AvgIpc) is 2.61. The van der Waals surface area contributed by atoms with Gasteiger partial charge in [-0.15, -0.1) is 6.42 Å². The highest BCUT2D eigenvalue weighted by Gasteiger charge is 2.05. The topological polar surface area (TPSA) is 64.6 Å². The van der Waals surface area contributed by atoms with Crippen LogP contribution in [0.5, 0.6) is 0 Å². The zero-order chi connectivity index (χ0) is 12.0. The van der Waals surface area contributed by atoms with Gasteiger partial charge in [0.05, 0.1) is 0 Å². The van der Waals surface area contributed by atoms with E-state index >= 15 is 0 Å². The number of imidazole rings is 1. The first-order valence-electron chi connectivity index (χ1n) is 4.39. The van der Waals surface area contributed by atoms with Crippen LogP contribution in [0.4, 0.5) is 0 Å². The van der Waals surface area contributed by atoms with Crippen molar-refractivity contribution in [1.29, 1.82) is 0 Å². The molecular weight excluding hydrogens is 232 g/mol. The van der Waals surface area contributed by atoms with Gasteiger partial charge in [0.1, 0.15) is 19.3 Å². The molecule has 1 unspecified atom stereocenters. The Bertz CT molecular complexity index is 472.